The van der Waals surface area contributed by atoms with E-state index < -0.39 is 12.1 Å². The highest BCUT2D eigenvalue weighted by atomic mass is 16.5. The van der Waals surface area contributed by atoms with Gasteiger partial charge < -0.3 is 20.3 Å². The Balaban J connectivity index is 3.43. The highest BCUT2D eigenvalue weighted by molar-refractivity contribution is 5.76. The molecule has 0 aromatic carbocycles. The number of nitrogens with one attached hydrogen (secondary N) is 1. The Labute approximate surface area is 443 Å². The Morgan fingerprint density at radius 3 is 1.00 bits per heavy atom. The molecule has 0 aliphatic rings. The van der Waals surface area contributed by atoms with E-state index in [1.807, 2.05) is 6.08 Å². The van der Waals surface area contributed by atoms with Crippen LogP contribution in [0.3, 0.4) is 0 Å². The van der Waals surface area contributed by atoms with Crippen LogP contribution >= 0.6 is 0 Å². The summed E-state index contributed by atoms with van der Waals surface area (Å²) in [5, 5.41) is 23.1. The van der Waals surface area contributed by atoms with Crippen LogP contribution in [0.4, 0.5) is 0 Å². The topological polar surface area (TPSA) is 95.9 Å². The average Bonchev–Trinajstić information content (AvgIpc) is 3.37. The molecule has 0 heterocycles. The van der Waals surface area contributed by atoms with Crippen LogP contribution in [0.25, 0.3) is 0 Å². The van der Waals surface area contributed by atoms with Gasteiger partial charge in [-0.05, 0) is 83.5 Å². The van der Waals surface area contributed by atoms with Crippen molar-refractivity contribution in [1.82, 2.24) is 5.32 Å². The zero-order valence-corrected chi connectivity index (χ0v) is 47.7. The van der Waals surface area contributed by atoms with Crippen molar-refractivity contribution in [2.75, 3.05) is 13.2 Å². The van der Waals surface area contributed by atoms with Crippen LogP contribution in [-0.4, -0.2) is 47.4 Å². The summed E-state index contributed by atoms with van der Waals surface area (Å²) in [5.41, 5.74) is 0. The summed E-state index contributed by atoms with van der Waals surface area (Å²) in [6, 6.07) is -0.631. The molecule has 0 aromatic rings. The van der Waals surface area contributed by atoms with E-state index in [9.17, 15) is 19.8 Å². The fourth-order valence-electron chi connectivity index (χ4n) is 9.74. The lowest BCUT2D eigenvalue weighted by Gasteiger charge is -2.20. The molecule has 0 saturated heterocycles. The molecule has 418 valence electrons. The van der Waals surface area contributed by atoms with Gasteiger partial charge in [0.2, 0.25) is 5.91 Å². The Bertz CT molecular complexity index is 1150. The predicted molar refractivity (Wildman–Crippen MR) is 310 cm³/mol. The quantitative estimate of drug-likeness (QED) is 0.0321. The van der Waals surface area contributed by atoms with E-state index in [0.717, 1.165) is 44.9 Å². The molecule has 6 heteroatoms. The molecule has 6 nitrogen and oxygen atoms in total. The number of allylic oxidation sites excluding steroid dienone is 5. The fourth-order valence-corrected chi connectivity index (χ4v) is 9.74. The predicted octanol–water partition coefficient (Wildman–Crippen LogP) is 20.0. The minimum Gasteiger partial charge on any atom is -0.466 e. The van der Waals surface area contributed by atoms with Gasteiger partial charge in [0.25, 0.3) is 0 Å². The van der Waals surface area contributed by atoms with E-state index in [0.29, 0.717) is 19.4 Å². The van der Waals surface area contributed by atoms with Crippen LogP contribution < -0.4 is 5.32 Å². The van der Waals surface area contributed by atoms with Crippen molar-refractivity contribution < 1.29 is 24.5 Å². The maximum atomic E-state index is 12.5. The summed E-state index contributed by atoms with van der Waals surface area (Å²) in [7, 11) is 0. The van der Waals surface area contributed by atoms with E-state index >= 15 is 0 Å². The summed E-state index contributed by atoms with van der Waals surface area (Å²) in [6.07, 6.45) is 76.2. The SMILES string of the molecule is CCCCCCC/C=C\CCCCCCCC(=O)OCCCCCCCCCCCCCC/C=C\CCCCCCCCCCC(=O)NC(CO)C(O)/C=C/CCCCCCCCCCCCCCCC. The molecule has 71 heavy (non-hydrogen) atoms. The van der Waals surface area contributed by atoms with Crippen molar-refractivity contribution >= 4 is 11.9 Å². The number of carbonyl (C=O) groups excluding carboxylic acids is 2. The van der Waals surface area contributed by atoms with Crippen molar-refractivity contribution in [2.24, 2.45) is 0 Å². The number of unbranched alkanes of at least 4 members (excludes halogenated alkanes) is 44. The third-order valence-corrected chi connectivity index (χ3v) is 14.6. The zero-order chi connectivity index (χ0) is 51.4. The monoisotopic (exact) mass is 998 g/mol. The molecule has 0 aromatic heterocycles. The van der Waals surface area contributed by atoms with Gasteiger partial charge in [-0.3, -0.25) is 9.59 Å². The first-order chi connectivity index (χ1) is 35.0. The van der Waals surface area contributed by atoms with Crippen LogP contribution in [0.15, 0.2) is 36.5 Å². The Morgan fingerprint density at radius 1 is 0.380 bits per heavy atom. The van der Waals surface area contributed by atoms with E-state index in [-0.39, 0.29) is 18.5 Å². The first-order valence-corrected chi connectivity index (χ1v) is 31.8. The van der Waals surface area contributed by atoms with E-state index in [2.05, 4.69) is 43.5 Å². The first-order valence-electron chi connectivity index (χ1n) is 31.8. The largest absolute Gasteiger partial charge is 0.466 e. The van der Waals surface area contributed by atoms with Crippen molar-refractivity contribution in [3.63, 3.8) is 0 Å². The van der Waals surface area contributed by atoms with Gasteiger partial charge in [0.1, 0.15) is 0 Å². The third-order valence-electron chi connectivity index (χ3n) is 14.6. The number of rotatable bonds is 59. The lowest BCUT2D eigenvalue weighted by atomic mass is 10.0. The molecule has 2 atom stereocenters. The van der Waals surface area contributed by atoms with Crippen molar-refractivity contribution in [3.8, 4) is 0 Å². The van der Waals surface area contributed by atoms with Gasteiger partial charge in [0, 0.05) is 12.8 Å². The van der Waals surface area contributed by atoms with Gasteiger partial charge in [-0.1, -0.05) is 281 Å². The number of amides is 1. The Hall–Kier alpha value is -1.92. The standard InChI is InChI=1S/C65H123NO5/c1-3-5-7-9-11-13-15-17-19-30-33-37-41-45-49-53-57-63(68)62(61-67)66-64(69)58-54-50-46-42-38-34-31-28-26-24-22-20-21-23-25-27-29-32-36-40-44-48-52-56-60-71-65(70)59-55-51-47-43-39-35-18-16-14-12-10-8-6-4-2/h16,18,22,24,53,57,62-63,67-68H,3-15,17,19-21,23,25-52,54-56,58-61H2,1-2H3,(H,66,69)/b18-16-,24-22-,57-53+. The molecule has 0 rings (SSSR count). The lowest BCUT2D eigenvalue weighted by molar-refractivity contribution is -0.143. The van der Waals surface area contributed by atoms with Crippen LogP contribution in [0.2, 0.25) is 0 Å². The normalized spacial score (nSPS) is 12.8. The molecule has 3 N–H and O–H groups in total. The fraction of sp³-hybridized carbons (Fsp3) is 0.877. The van der Waals surface area contributed by atoms with Crippen LogP contribution in [0, 0.1) is 0 Å². The average molecular weight is 999 g/mol. The molecule has 0 bridgehead atoms. The van der Waals surface area contributed by atoms with Crippen molar-refractivity contribution in [3.05, 3.63) is 36.5 Å². The summed E-state index contributed by atoms with van der Waals surface area (Å²) < 4.78 is 5.48. The van der Waals surface area contributed by atoms with Gasteiger partial charge in [-0.15, -0.1) is 0 Å². The number of aliphatic hydroxyl groups excluding tert-OH is 2. The third kappa shape index (κ3) is 57.2. The molecule has 2 unspecified atom stereocenters. The van der Waals surface area contributed by atoms with Gasteiger partial charge >= 0.3 is 5.97 Å². The number of ether oxygens (including phenoxy) is 1. The van der Waals surface area contributed by atoms with E-state index in [4.69, 9.17) is 4.74 Å². The number of hydrogen-bond acceptors (Lipinski definition) is 5. The molecule has 0 aliphatic heterocycles. The molecule has 0 radical (unpaired) electrons. The second kappa shape index (κ2) is 60.6. The first kappa shape index (κ1) is 69.1. The van der Waals surface area contributed by atoms with Gasteiger partial charge in [0.05, 0.1) is 25.4 Å². The molecule has 0 aliphatic carbocycles. The minimum atomic E-state index is -0.847. The number of esters is 1. The Morgan fingerprint density at radius 2 is 0.662 bits per heavy atom. The summed E-state index contributed by atoms with van der Waals surface area (Å²) in [4.78, 5) is 24.5. The van der Waals surface area contributed by atoms with Crippen molar-refractivity contribution in [2.45, 2.75) is 353 Å². The Kier molecular flexibility index (Phi) is 59.0. The maximum Gasteiger partial charge on any atom is 0.305 e. The molecular formula is C65H123NO5. The second-order valence-corrected chi connectivity index (χ2v) is 21.7. The molecular weight excluding hydrogens is 875 g/mol. The number of aliphatic hydroxyl groups is 2. The minimum absolute atomic E-state index is 0.00353. The summed E-state index contributed by atoms with van der Waals surface area (Å²) >= 11 is 0. The van der Waals surface area contributed by atoms with Crippen LogP contribution in [0.1, 0.15) is 341 Å². The molecule has 0 saturated carbocycles. The smallest absolute Gasteiger partial charge is 0.305 e. The number of carbonyl (C=O) groups is 2. The molecule has 0 spiro atoms. The second-order valence-electron chi connectivity index (χ2n) is 21.7. The highest BCUT2D eigenvalue weighted by Crippen LogP contribution is 2.17. The van der Waals surface area contributed by atoms with Gasteiger partial charge in [-0.2, -0.15) is 0 Å². The molecule has 0 fully saturated rings. The number of hydrogen-bond donors (Lipinski definition) is 3. The van der Waals surface area contributed by atoms with Crippen LogP contribution in [0.5, 0.6) is 0 Å². The zero-order valence-electron chi connectivity index (χ0n) is 47.7. The lowest BCUT2D eigenvalue weighted by Crippen LogP contribution is -2.45. The molecule has 1 amide bonds. The van der Waals surface area contributed by atoms with E-state index in [1.54, 1.807) is 6.08 Å². The van der Waals surface area contributed by atoms with E-state index in [1.165, 1.54) is 270 Å². The summed E-state index contributed by atoms with van der Waals surface area (Å²) in [6.45, 7) is 4.90. The highest BCUT2D eigenvalue weighted by Gasteiger charge is 2.18. The van der Waals surface area contributed by atoms with Gasteiger partial charge in [-0.25, -0.2) is 0 Å². The van der Waals surface area contributed by atoms with Crippen LogP contribution in [-0.2, 0) is 14.3 Å². The summed E-state index contributed by atoms with van der Waals surface area (Å²) in [5.74, 6) is -0.0675. The van der Waals surface area contributed by atoms with Gasteiger partial charge in [0.15, 0.2) is 0 Å². The van der Waals surface area contributed by atoms with Crippen molar-refractivity contribution in [1.29, 1.82) is 0 Å². The maximum absolute atomic E-state index is 12.5.